The highest BCUT2D eigenvalue weighted by Crippen LogP contribution is 2.25. The molecule has 3 N–H and O–H groups in total. The quantitative estimate of drug-likeness (QED) is 0.818. The molecule has 0 heterocycles. The lowest BCUT2D eigenvalue weighted by atomic mass is 9.82. The molecule has 0 aliphatic rings. The number of nitrogens with two attached hydrogens (primary N) is 1. The molecule has 20 heavy (non-hydrogen) atoms. The van der Waals surface area contributed by atoms with E-state index in [-0.39, 0.29) is 21.2 Å². The van der Waals surface area contributed by atoms with Gasteiger partial charge in [-0.05, 0) is 23.5 Å². The predicted octanol–water partition coefficient (Wildman–Crippen LogP) is 2.28. The van der Waals surface area contributed by atoms with Crippen molar-refractivity contribution in [1.82, 2.24) is 4.72 Å². The van der Waals surface area contributed by atoms with Crippen LogP contribution in [0.25, 0.3) is 0 Å². The van der Waals surface area contributed by atoms with E-state index in [1.807, 2.05) is 6.92 Å². The first kappa shape index (κ1) is 17.1. The lowest BCUT2D eigenvalue weighted by molar-refractivity contribution is 0.263. The van der Waals surface area contributed by atoms with Crippen molar-refractivity contribution in [2.45, 2.75) is 32.6 Å². The number of sulfonamides is 1. The van der Waals surface area contributed by atoms with Crippen LogP contribution in [-0.2, 0) is 10.0 Å². The van der Waals surface area contributed by atoms with E-state index in [2.05, 4.69) is 25.5 Å². The van der Waals surface area contributed by atoms with Crippen molar-refractivity contribution >= 4 is 27.2 Å². The maximum Gasteiger partial charge on any atom is 0.240 e. The van der Waals surface area contributed by atoms with Gasteiger partial charge < -0.3 is 5.73 Å². The minimum absolute atomic E-state index is 0.0448. The molecular weight excluding hydrogens is 292 g/mol. The molecule has 0 spiro atoms. The summed E-state index contributed by atoms with van der Waals surface area (Å²) in [5.41, 5.74) is 6.11. The summed E-state index contributed by atoms with van der Waals surface area (Å²) in [6, 6.07) is 6.35. The first-order valence-electron chi connectivity index (χ1n) is 6.43. The van der Waals surface area contributed by atoms with Crippen LogP contribution in [0.4, 0.5) is 0 Å². The second-order valence-corrected chi connectivity index (χ2v) is 8.22. The van der Waals surface area contributed by atoms with Crippen LogP contribution in [0.3, 0.4) is 0 Å². The SMILES string of the molecule is CC(CNS(=O)(=O)c1cccc(C(N)=S)c1)C(C)(C)C. The fourth-order valence-electron chi connectivity index (χ4n) is 1.44. The molecule has 112 valence electrons. The summed E-state index contributed by atoms with van der Waals surface area (Å²) in [6.07, 6.45) is 0. The van der Waals surface area contributed by atoms with E-state index < -0.39 is 10.0 Å². The zero-order chi connectivity index (χ0) is 15.6. The van der Waals surface area contributed by atoms with Crippen molar-refractivity contribution in [2.75, 3.05) is 6.54 Å². The summed E-state index contributed by atoms with van der Waals surface area (Å²) in [6.45, 7) is 8.66. The maximum absolute atomic E-state index is 12.2. The number of hydrogen-bond donors (Lipinski definition) is 2. The van der Waals surface area contributed by atoms with Gasteiger partial charge in [-0.3, -0.25) is 0 Å². The Morgan fingerprint density at radius 3 is 2.50 bits per heavy atom. The van der Waals surface area contributed by atoms with Crippen LogP contribution in [-0.4, -0.2) is 20.0 Å². The Morgan fingerprint density at radius 1 is 1.40 bits per heavy atom. The topological polar surface area (TPSA) is 72.2 Å². The molecule has 1 unspecified atom stereocenters. The summed E-state index contributed by atoms with van der Waals surface area (Å²) in [5.74, 6) is 0.219. The van der Waals surface area contributed by atoms with Crippen molar-refractivity contribution in [2.24, 2.45) is 17.1 Å². The molecule has 0 saturated carbocycles. The third-order valence-corrected chi connectivity index (χ3v) is 5.14. The number of thiocarbonyl (C=S) groups is 1. The van der Waals surface area contributed by atoms with Gasteiger partial charge in [0.25, 0.3) is 0 Å². The van der Waals surface area contributed by atoms with E-state index in [1.165, 1.54) is 12.1 Å². The van der Waals surface area contributed by atoms with Gasteiger partial charge in [-0.1, -0.05) is 52.0 Å². The third kappa shape index (κ3) is 4.54. The van der Waals surface area contributed by atoms with Crippen molar-refractivity contribution in [3.63, 3.8) is 0 Å². The average Bonchev–Trinajstić information content (AvgIpc) is 2.35. The van der Waals surface area contributed by atoms with Gasteiger partial charge in [-0.2, -0.15) is 0 Å². The molecule has 0 aliphatic heterocycles. The standard InChI is InChI=1S/C14H22N2O2S2/c1-10(14(2,3)4)9-16-20(17,18)12-7-5-6-11(8-12)13(15)19/h5-8,10,16H,9H2,1-4H3,(H2,15,19). The van der Waals surface area contributed by atoms with E-state index >= 15 is 0 Å². The van der Waals surface area contributed by atoms with Crippen LogP contribution in [0.1, 0.15) is 33.3 Å². The summed E-state index contributed by atoms with van der Waals surface area (Å²) in [5, 5.41) is 0. The molecule has 0 bridgehead atoms. The molecule has 0 fully saturated rings. The molecule has 0 aliphatic carbocycles. The lowest BCUT2D eigenvalue weighted by Crippen LogP contribution is -2.33. The molecule has 1 atom stereocenters. The van der Waals surface area contributed by atoms with Gasteiger partial charge in [0.1, 0.15) is 4.99 Å². The minimum Gasteiger partial charge on any atom is -0.389 e. The van der Waals surface area contributed by atoms with Crippen molar-refractivity contribution in [1.29, 1.82) is 0 Å². The molecule has 0 saturated heterocycles. The van der Waals surface area contributed by atoms with E-state index in [0.717, 1.165) is 0 Å². The lowest BCUT2D eigenvalue weighted by Gasteiger charge is -2.27. The number of nitrogens with one attached hydrogen (secondary N) is 1. The van der Waals surface area contributed by atoms with Crippen LogP contribution >= 0.6 is 12.2 Å². The maximum atomic E-state index is 12.2. The number of rotatable bonds is 5. The minimum atomic E-state index is -3.54. The van der Waals surface area contributed by atoms with Gasteiger partial charge in [0.05, 0.1) is 4.90 Å². The van der Waals surface area contributed by atoms with E-state index in [1.54, 1.807) is 12.1 Å². The van der Waals surface area contributed by atoms with Crippen LogP contribution < -0.4 is 10.5 Å². The summed E-state index contributed by atoms with van der Waals surface area (Å²) in [4.78, 5) is 0.369. The highest BCUT2D eigenvalue weighted by atomic mass is 32.2. The first-order chi connectivity index (χ1) is 9.04. The van der Waals surface area contributed by atoms with Gasteiger partial charge >= 0.3 is 0 Å². The van der Waals surface area contributed by atoms with Gasteiger partial charge in [-0.25, -0.2) is 13.1 Å². The molecule has 6 heteroatoms. The summed E-state index contributed by atoms with van der Waals surface area (Å²) < 4.78 is 27.1. The molecule has 0 aromatic heterocycles. The molecule has 4 nitrogen and oxygen atoms in total. The molecule has 1 aromatic carbocycles. The summed E-state index contributed by atoms with van der Waals surface area (Å²) in [7, 11) is -3.54. The Kier molecular flexibility index (Phi) is 5.29. The Balaban J connectivity index is 2.90. The predicted molar refractivity (Wildman–Crippen MR) is 86.1 cm³/mol. The van der Waals surface area contributed by atoms with Gasteiger partial charge in [0.2, 0.25) is 10.0 Å². The average molecular weight is 314 g/mol. The van der Waals surface area contributed by atoms with E-state index in [9.17, 15) is 8.42 Å². The monoisotopic (exact) mass is 314 g/mol. The van der Waals surface area contributed by atoms with Crippen LogP contribution in [0.15, 0.2) is 29.2 Å². The first-order valence-corrected chi connectivity index (χ1v) is 8.32. The van der Waals surface area contributed by atoms with Crippen LogP contribution in [0.5, 0.6) is 0 Å². The summed E-state index contributed by atoms with van der Waals surface area (Å²) >= 11 is 4.86. The molecule has 0 amide bonds. The fraction of sp³-hybridized carbons (Fsp3) is 0.500. The zero-order valence-electron chi connectivity index (χ0n) is 12.3. The molecular formula is C14H22N2O2S2. The smallest absolute Gasteiger partial charge is 0.240 e. The molecule has 1 aromatic rings. The second-order valence-electron chi connectivity index (χ2n) is 6.01. The van der Waals surface area contributed by atoms with Gasteiger partial charge in [0.15, 0.2) is 0 Å². The van der Waals surface area contributed by atoms with Gasteiger partial charge in [-0.15, -0.1) is 0 Å². The molecule has 0 radical (unpaired) electrons. The Hall–Kier alpha value is -0.980. The Bertz CT molecular complexity index is 589. The second kappa shape index (κ2) is 6.20. The van der Waals surface area contributed by atoms with Gasteiger partial charge in [0, 0.05) is 12.1 Å². The molecule has 1 rings (SSSR count). The normalized spacial score (nSPS) is 14.0. The Labute approximate surface area is 126 Å². The Morgan fingerprint density at radius 2 is 2.00 bits per heavy atom. The highest BCUT2D eigenvalue weighted by Gasteiger charge is 2.23. The number of hydrogen-bond acceptors (Lipinski definition) is 3. The van der Waals surface area contributed by atoms with Crippen LogP contribution in [0, 0.1) is 11.3 Å². The van der Waals surface area contributed by atoms with Crippen molar-refractivity contribution in [3.05, 3.63) is 29.8 Å². The van der Waals surface area contributed by atoms with Crippen LogP contribution in [0.2, 0.25) is 0 Å². The van der Waals surface area contributed by atoms with Crippen molar-refractivity contribution in [3.8, 4) is 0 Å². The fourth-order valence-corrected chi connectivity index (χ4v) is 2.74. The highest BCUT2D eigenvalue weighted by molar-refractivity contribution is 7.89. The zero-order valence-corrected chi connectivity index (χ0v) is 13.9. The van der Waals surface area contributed by atoms with E-state index in [4.69, 9.17) is 18.0 Å². The van der Waals surface area contributed by atoms with Crippen molar-refractivity contribution < 1.29 is 8.42 Å². The number of benzene rings is 1. The van der Waals surface area contributed by atoms with E-state index in [0.29, 0.717) is 12.1 Å². The third-order valence-electron chi connectivity index (χ3n) is 3.49. The largest absolute Gasteiger partial charge is 0.389 e.